The Labute approximate surface area is 145 Å². The largest absolute Gasteiger partial charge is 0.493 e. The first-order chi connectivity index (χ1) is 12.0. The lowest BCUT2D eigenvalue weighted by Crippen LogP contribution is -2.17. The van der Waals surface area contributed by atoms with Gasteiger partial charge < -0.3 is 4.74 Å². The minimum atomic E-state index is -0.487. The monoisotopic (exact) mass is 341 g/mol. The number of benzene rings is 2. The van der Waals surface area contributed by atoms with Crippen molar-refractivity contribution in [3.8, 4) is 5.75 Å². The van der Waals surface area contributed by atoms with Crippen LogP contribution in [0.25, 0.3) is 0 Å². The second-order valence-corrected chi connectivity index (χ2v) is 5.78. The van der Waals surface area contributed by atoms with Crippen molar-refractivity contribution in [2.75, 3.05) is 6.61 Å². The number of hydrogen-bond acceptors (Lipinski definition) is 5. The van der Waals surface area contributed by atoms with E-state index < -0.39 is 4.92 Å². The van der Waals surface area contributed by atoms with Crippen LogP contribution in [-0.2, 0) is 0 Å². The van der Waals surface area contributed by atoms with E-state index in [0.717, 1.165) is 0 Å². The number of nitrogens with zero attached hydrogens (tertiary/aromatic N) is 2. The Morgan fingerprint density at radius 3 is 2.64 bits per heavy atom. The van der Waals surface area contributed by atoms with Crippen molar-refractivity contribution < 1.29 is 14.5 Å². The lowest BCUT2D eigenvalue weighted by Gasteiger charge is -2.08. The minimum absolute atomic E-state index is 0.0349. The number of nitro benzene ring substituents is 1. The molecule has 0 aliphatic rings. The molecule has 1 N–H and O–H groups in total. The molecule has 7 nitrogen and oxygen atoms in total. The summed E-state index contributed by atoms with van der Waals surface area (Å²) in [5.74, 6) is 0.744. The van der Waals surface area contributed by atoms with Crippen molar-refractivity contribution in [3.63, 3.8) is 0 Å². The van der Waals surface area contributed by atoms with Crippen LogP contribution in [0.15, 0.2) is 53.6 Å². The van der Waals surface area contributed by atoms with E-state index in [9.17, 15) is 14.9 Å². The predicted octanol–water partition coefficient (Wildman–Crippen LogP) is 3.39. The van der Waals surface area contributed by atoms with Crippen LogP contribution in [0.5, 0.6) is 5.75 Å². The number of rotatable bonds is 7. The molecule has 0 saturated carbocycles. The number of nitro groups is 1. The van der Waals surface area contributed by atoms with E-state index in [4.69, 9.17) is 4.74 Å². The van der Waals surface area contributed by atoms with Crippen LogP contribution < -0.4 is 10.2 Å². The van der Waals surface area contributed by atoms with Gasteiger partial charge in [0, 0.05) is 23.3 Å². The van der Waals surface area contributed by atoms with Crippen molar-refractivity contribution in [3.05, 3.63) is 69.8 Å². The van der Waals surface area contributed by atoms with Gasteiger partial charge in [-0.1, -0.05) is 26.0 Å². The Morgan fingerprint density at radius 1 is 1.28 bits per heavy atom. The van der Waals surface area contributed by atoms with Gasteiger partial charge in [0.1, 0.15) is 5.75 Å². The van der Waals surface area contributed by atoms with Crippen LogP contribution in [-0.4, -0.2) is 23.7 Å². The Bertz CT molecular complexity index is 770. The molecule has 25 heavy (non-hydrogen) atoms. The third kappa shape index (κ3) is 5.72. The molecule has 2 aromatic rings. The highest BCUT2D eigenvalue weighted by Crippen LogP contribution is 2.13. The smallest absolute Gasteiger partial charge is 0.271 e. The summed E-state index contributed by atoms with van der Waals surface area (Å²) in [5.41, 5.74) is 3.31. The van der Waals surface area contributed by atoms with Crippen LogP contribution in [0.1, 0.15) is 29.8 Å². The van der Waals surface area contributed by atoms with E-state index in [-0.39, 0.29) is 11.6 Å². The number of amides is 1. The number of carbonyl (C=O) groups is 1. The van der Waals surface area contributed by atoms with Gasteiger partial charge in [0.15, 0.2) is 0 Å². The molecular weight excluding hydrogens is 322 g/mol. The molecule has 0 aliphatic carbocycles. The molecule has 0 heterocycles. The highest BCUT2D eigenvalue weighted by atomic mass is 16.6. The SMILES string of the molecule is CC(C)COc1ccc(C(=O)N/N=C\c2cccc([N+](=O)[O-])c2)cc1. The molecule has 7 heteroatoms. The lowest BCUT2D eigenvalue weighted by atomic mass is 10.2. The first-order valence-corrected chi connectivity index (χ1v) is 7.76. The maximum Gasteiger partial charge on any atom is 0.271 e. The summed E-state index contributed by atoms with van der Waals surface area (Å²) in [7, 11) is 0. The summed E-state index contributed by atoms with van der Waals surface area (Å²) in [5, 5.41) is 14.5. The topological polar surface area (TPSA) is 93.8 Å². The van der Waals surface area contributed by atoms with Crippen molar-refractivity contribution in [2.45, 2.75) is 13.8 Å². The fourth-order valence-corrected chi connectivity index (χ4v) is 1.91. The van der Waals surface area contributed by atoms with Crippen molar-refractivity contribution in [2.24, 2.45) is 11.0 Å². The molecule has 0 bridgehead atoms. The average molecular weight is 341 g/mol. The van der Waals surface area contributed by atoms with E-state index in [0.29, 0.717) is 29.4 Å². The lowest BCUT2D eigenvalue weighted by molar-refractivity contribution is -0.384. The molecule has 130 valence electrons. The molecule has 2 rings (SSSR count). The van der Waals surface area contributed by atoms with Crippen molar-refractivity contribution >= 4 is 17.8 Å². The van der Waals surface area contributed by atoms with Crippen LogP contribution in [0.3, 0.4) is 0 Å². The summed E-state index contributed by atoms with van der Waals surface area (Å²) in [6.07, 6.45) is 1.35. The second kappa shape index (κ2) is 8.58. The van der Waals surface area contributed by atoms with Crippen molar-refractivity contribution in [1.82, 2.24) is 5.43 Å². The summed E-state index contributed by atoms with van der Waals surface area (Å²) < 4.78 is 5.56. The fraction of sp³-hybridized carbons (Fsp3) is 0.222. The molecule has 0 radical (unpaired) electrons. The fourth-order valence-electron chi connectivity index (χ4n) is 1.91. The zero-order chi connectivity index (χ0) is 18.2. The molecule has 0 fully saturated rings. The number of carbonyl (C=O) groups excluding carboxylic acids is 1. The van der Waals surface area contributed by atoms with Crippen molar-refractivity contribution in [1.29, 1.82) is 0 Å². The Kier molecular flexibility index (Phi) is 6.22. The zero-order valence-electron chi connectivity index (χ0n) is 14.0. The van der Waals surface area contributed by atoms with Gasteiger partial charge in [-0.15, -0.1) is 0 Å². The average Bonchev–Trinajstić information content (AvgIpc) is 2.60. The minimum Gasteiger partial charge on any atom is -0.493 e. The van der Waals surface area contributed by atoms with Gasteiger partial charge in [0.2, 0.25) is 0 Å². The van der Waals surface area contributed by atoms with E-state index in [1.807, 2.05) is 0 Å². The Balaban J connectivity index is 1.93. The highest BCUT2D eigenvalue weighted by molar-refractivity contribution is 5.95. The molecule has 0 atom stereocenters. The van der Waals surface area contributed by atoms with Gasteiger partial charge in [-0.2, -0.15) is 5.10 Å². The van der Waals surface area contributed by atoms with Crippen LogP contribution in [0, 0.1) is 16.0 Å². The zero-order valence-corrected chi connectivity index (χ0v) is 14.0. The molecule has 0 spiro atoms. The summed E-state index contributed by atoms with van der Waals surface area (Å²) >= 11 is 0. The van der Waals surface area contributed by atoms with E-state index in [1.165, 1.54) is 18.3 Å². The second-order valence-electron chi connectivity index (χ2n) is 5.78. The number of ether oxygens (including phenoxy) is 1. The van der Waals surface area contributed by atoms with Crippen LogP contribution in [0.2, 0.25) is 0 Å². The standard InChI is InChI=1S/C18H19N3O4/c1-13(2)12-25-17-8-6-15(7-9-17)18(22)20-19-11-14-4-3-5-16(10-14)21(23)24/h3-11,13H,12H2,1-2H3,(H,20,22)/b19-11-. The quantitative estimate of drug-likeness (QED) is 0.474. The maximum absolute atomic E-state index is 12.0. The van der Waals surface area contributed by atoms with E-state index in [1.54, 1.807) is 36.4 Å². The first kappa shape index (κ1) is 18.1. The number of non-ortho nitro benzene ring substituents is 1. The van der Waals surface area contributed by atoms with Crippen LogP contribution in [0.4, 0.5) is 5.69 Å². The summed E-state index contributed by atoms with van der Waals surface area (Å²) in [6.45, 7) is 4.72. The molecule has 0 saturated heterocycles. The van der Waals surface area contributed by atoms with Crippen LogP contribution >= 0.6 is 0 Å². The first-order valence-electron chi connectivity index (χ1n) is 7.76. The summed E-state index contributed by atoms with van der Waals surface area (Å²) in [4.78, 5) is 22.2. The number of hydrogen-bond donors (Lipinski definition) is 1. The normalized spacial score (nSPS) is 10.8. The third-order valence-corrected chi connectivity index (χ3v) is 3.16. The highest BCUT2D eigenvalue weighted by Gasteiger charge is 2.06. The maximum atomic E-state index is 12.0. The predicted molar refractivity (Wildman–Crippen MR) is 94.9 cm³/mol. The molecule has 0 unspecified atom stereocenters. The van der Waals surface area contributed by atoms with Gasteiger partial charge in [-0.25, -0.2) is 5.43 Å². The molecule has 2 aromatic carbocycles. The van der Waals surface area contributed by atoms with Gasteiger partial charge in [0.05, 0.1) is 17.7 Å². The van der Waals surface area contributed by atoms with Gasteiger partial charge in [-0.05, 0) is 30.2 Å². The molecule has 0 aromatic heterocycles. The molecular formula is C18H19N3O4. The molecule has 1 amide bonds. The Morgan fingerprint density at radius 2 is 2.00 bits per heavy atom. The van der Waals surface area contributed by atoms with E-state index in [2.05, 4.69) is 24.4 Å². The Hall–Kier alpha value is -3.22. The van der Waals surface area contributed by atoms with E-state index >= 15 is 0 Å². The number of nitrogens with one attached hydrogen (secondary N) is 1. The number of hydrazone groups is 1. The third-order valence-electron chi connectivity index (χ3n) is 3.16. The van der Waals surface area contributed by atoms with Gasteiger partial charge in [-0.3, -0.25) is 14.9 Å². The molecule has 0 aliphatic heterocycles. The van der Waals surface area contributed by atoms with Gasteiger partial charge in [0.25, 0.3) is 11.6 Å². The summed E-state index contributed by atoms with van der Waals surface area (Å²) in [6, 6.07) is 12.7. The van der Waals surface area contributed by atoms with Gasteiger partial charge >= 0.3 is 0 Å².